The number of nitrogens with zero attached hydrogens (tertiary/aromatic N) is 1. The van der Waals surface area contributed by atoms with Crippen LogP contribution < -0.4 is 9.47 Å². The molecular weight excluding hydrogens is 394 g/mol. The zero-order valence-corrected chi connectivity index (χ0v) is 16.1. The molecule has 0 bridgehead atoms. The molecular formula is C21H18BrNO3. The largest absolute Gasteiger partial charge is 0.497 e. The SMILES string of the molecule is COc1ccc(COc2cc(Br)cc(C(=O)c3ccc(C)nc3)c2)cc1. The van der Waals surface area contributed by atoms with E-state index >= 15 is 0 Å². The van der Waals surface area contributed by atoms with Crippen LogP contribution in [0.3, 0.4) is 0 Å². The normalized spacial score (nSPS) is 10.4. The quantitative estimate of drug-likeness (QED) is 0.537. The van der Waals surface area contributed by atoms with Crippen molar-refractivity contribution in [2.45, 2.75) is 13.5 Å². The third-order valence-electron chi connectivity index (χ3n) is 3.87. The van der Waals surface area contributed by atoms with Crippen LogP contribution in [0, 0.1) is 6.92 Å². The molecule has 0 aliphatic carbocycles. The Hall–Kier alpha value is -2.66. The van der Waals surface area contributed by atoms with Gasteiger partial charge >= 0.3 is 0 Å². The van der Waals surface area contributed by atoms with E-state index in [-0.39, 0.29) is 5.78 Å². The predicted molar refractivity (Wildman–Crippen MR) is 104 cm³/mol. The number of ketones is 1. The maximum absolute atomic E-state index is 12.7. The van der Waals surface area contributed by atoms with Crippen LogP contribution in [-0.4, -0.2) is 17.9 Å². The van der Waals surface area contributed by atoms with Crippen molar-refractivity contribution in [3.05, 3.63) is 87.7 Å². The molecule has 0 amide bonds. The van der Waals surface area contributed by atoms with Gasteiger partial charge in [-0.1, -0.05) is 28.1 Å². The first-order valence-corrected chi connectivity index (χ1v) is 8.88. The molecule has 2 aromatic carbocycles. The van der Waals surface area contributed by atoms with Crippen LogP contribution in [0.25, 0.3) is 0 Å². The number of aromatic nitrogens is 1. The highest BCUT2D eigenvalue weighted by Gasteiger charge is 2.12. The molecule has 4 nitrogen and oxygen atoms in total. The van der Waals surface area contributed by atoms with Gasteiger partial charge in [0.2, 0.25) is 0 Å². The lowest BCUT2D eigenvalue weighted by atomic mass is 10.0. The molecule has 0 saturated carbocycles. The number of aryl methyl sites for hydroxylation is 1. The number of methoxy groups -OCH3 is 1. The number of pyridine rings is 1. The Labute approximate surface area is 160 Å². The summed E-state index contributed by atoms with van der Waals surface area (Å²) >= 11 is 3.45. The Bertz CT molecular complexity index is 906. The molecule has 0 spiro atoms. The molecule has 0 N–H and O–H groups in total. The molecule has 1 heterocycles. The molecule has 0 saturated heterocycles. The number of halogens is 1. The maximum Gasteiger partial charge on any atom is 0.194 e. The highest BCUT2D eigenvalue weighted by molar-refractivity contribution is 9.10. The molecule has 0 unspecified atom stereocenters. The predicted octanol–water partition coefficient (Wildman–Crippen LogP) is 4.97. The van der Waals surface area contributed by atoms with Crippen molar-refractivity contribution in [1.29, 1.82) is 0 Å². The van der Waals surface area contributed by atoms with Gasteiger partial charge in [-0.3, -0.25) is 9.78 Å². The number of carbonyl (C=O) groups is 1. The van der Waals surface area contributed by atoms with Crippen molar-refractivity contribution in [2.75, 3.05) is 7.11 Å². The van der Waals surface area contributed by atoms with Gasteiger partial charge < -0.3 is 9.47 Å². The van der Waals surface area contributed by atoms with Gasteiger partial charge in [0.15, 0.2) is 5.78 Å². The van der Waals surface area contributed by atoms with Crippen molar-refractivity contribution in [2.24, 2.45) is 0 Å². The monoisotopic (exact) mass is 411 g/mol. The Morgan fingerprint density at radius 3 is 2.42 bits per heavy atom. The molecule has 0 aliphatic heterocycles. The van der Waals surface area contributed by atoms with Crippen molar-refractivity contribution in [3.63, 3.8) is 0 Å². The number of rotatable bonds is 6. The molecule has 5 heteroatoms. The van der Waals surface area contributed by atoms with Crippen LogP contribution in [-0.2, 0) is 6.61 Å². The first kappa shape index (κ1) is 18.1. The molecule has 0 fully saturated rings. The average molecular weight is 412 g/mol. The summed E-state index contributed by atoms with van der Waals surface area (Å²) in [6.45, 7) is 2.29. The number of benzene rings is 2. The summed E-state index contributed by atoms with van der Waals surface area (Å²) in [5.41, 5.74) is 2.99. The van der Waals surface area contributed by atoms with Crippen molar-refractivity contribution < 1.29 is 14.3 Å². The first-order chi connectivity index (χ1) is 12.5. The summed E-state index contributed by atoms with van der Waals surface area (Å²) in [4.78, 5) is 16.9. The third kappa shape index (κ3) is 4.49. The van der Waals surface area contributed by atoms with Crippen molar-refractivity contribution >= 4 is 21.7 Å². The standard InChI is InChI=1S/C21H18BrNO3/c1-14-3-6-16(12-23-14)21(24)17-9-18(22)11-20(10-17)26-13-15-4-7-19(25-2)8-5-15/h3-12H,13H2,1-2H3. The molecule has 0 aliphatic rings. The lowest BCUT2D eigenvalue weighted by molar-refractivity contribution is 0.103. The fraction of sp³-hybridized carbons (Fsp3) is 0.143. The summed E-state index contributed by atoms with van der Waals surface area (Å²) in [6.07, 6.45) is 1.59. The molecule has 0 radical (unpaired) electrons. The van der Waals surface area contributed by atoms with Crippen LogP contribution >= 0.6 is 15.9 Å². The van der Waals surface area contributed by atoms with Gasteiger partial charge in [-0.2, -0.15) is 0 Å². The van der Waals surface area contributed by atoms with Crippen LogP contribution in [0.2, 0.25) is 0 Å². The van der Waals surface area contributed by atoms with Crippen LogP contribution in [0.1, 0.15) is 27.2 Å². The van der Waals surface area contributed by atoms with Gasteiger partial charge in [0, 0.05) is 27.5 Å². The zero-order valence-electron chi connectivity index (χ0n) is 14.5. The average Bonchev–Trinajstić information content (AvgIpc) is 2.66. The minimum Gasteiger partial charge on any atom is -0.497 e. The topological polar surface area (TPSA) is 48.4 Å². The molecule has 0 atom stereocenters. The lowest BCUT2D eigenvalue weighted by Crippen LogP contribution is -2.03. The molecule has 3 aromatic rings. The smallest absolute Gasteiger partial charge is 0.194 e. The summed E-state index contributed by atoms with van der Waals surface area (Å²) in [7, 11) is 1.63. The van der Waals surface area contributed by atoms with E-state index < -0.39 is 0 Å². The highest BCUT2D eigenvalue weighted by atomic mass is 79.9. The number of ether oxygens (including phenoxy) is 2. The minimum atomic E-state index is -0.0897. The molecule has 3 rings (SSSR count). The van der Waals surface area contributed by atoms with Gasteiger partial charge in [0.25, 0.3) is 0 Å². The summed E-state index contributed by atoms with van der Waals surface area (Å²) in [5, 5.41) is 0. The summed E-state index contributed by atoms with van der Waals surface area (Å²) in [5.74, 6) is 1.34. The van der Waals surface area contributed by atoms with E-state index in [2.05, 4.69) is 20.9 Å². The number of hydrogen-bond donors (Lipinski definition) is 0. The summed E-state index contributed by atoms with van der Waals surface area (Å²) < 4.78 is 11.8. The second kappa shape index (κ2) is 8.15. The van der Waals surface area contributed by atoms with E-state index in [1.807, 2.05) is 43.3 Å². The van der Waals surface area contributed by atoms with Crippen LogP contribution in [0.15, 0.2) is 65.3 Å². The van der Waals surface area contributed by atoms with E-state index in [1.54, 1.807) is 31.5 Å². The van der Waals surface area contributed by atoms with Gasteiger partial charge in [-0.25, -0.2) is 0 Å². The van der Waals surface area contributed by atoms with Gasteiger partial charge in [0.1, 0.15) is 18.1 Å². The highest BCUT2D eigenvalue weighted by Crippen LogP contribution is 2.24. The first-order valence-electron chi connectivity index (χ1n) is 8.09. The van der Waals surface area contributed by atoms with Crippen molar-refractivity contribution in [3.8, 4) is 11.5 Å². The van der Waals surface area contributed by atoms with E-state index in [4.69, 9.17) is 9.47 Å². The molecule has 1 aromatic heterocycles. The zero-order chi connectivity index (χ0) is 18.5. The van der Waals surface area contributed by atoms with Gasteiger partial charge in [-0.05, 0) is 55.0 Å². The lowest BCUT2D eigenvalue weighted by Gasteiger charge is -2.10. The third-order valence-corrected chi connectivity index (χ3v) is 4.33. The molecule has 132 valence electrons. The Kier molecular flexibility index (Phi) is 5.68. The van der Waals surface area contributed by atoms with Crippen LogP contribution in [0.4, 0.5) is 0 Å². The molecule has 26 heavy (non-hydrogen) atoms. The number of carbonyl (C=O) groups excluding carboxylic acids is 1. The Morgan fingerprint density at radius 2 is 1.77 bits per heavy atom. The van der Waals surface area contributed by atoms with Crippen molar-refractivity contribution in [1.82, 2.24) is 4.98 Å². The van der Waals surface area contributed by atoms with E-state index in [0.717, 1.165) is 21.5 Å². The van der Waals surface area contributed by atoms with Crippen LogP contribution in [0.5, 0.6) is 11.5 Å². The number of hydrogen-bond acceptors (Lipinski definition) is 4. The van der Waals surface area contributed by atoms with Gasteiger partial charge in [0.05, 0.1) is 7.11 Å². The second-order valence-corrected chi connectivity index (χ2v) is 6.75. The minimum absolute atomic E-state index is 0.0897. The van der Waals surface area contributed by atoms with Gasteiger partial charge in [-0.15, -0.1) is 0 Å². The van der Waals surface area contributed by atoms with E-state index in [1.165, 1.54) is 0 Å². The Morgan fingerprint density at radius 1 is 1.00 bits per heavy atom. The second-order valence-electron chi connectivity index (χ2n) is 5.83. The fourth-order valence-corrected chi connectivity index (χ4v) is 2.91. The van der Waals surface area contributed by atoms with E-state index in [9.17, 15) is 4.79 Å². The fourth-order valence-electron chi connectivity index (χ4n) is 2.43. The van der Waals surface area contributed by atoms with E-state index in [0.29, 0.717) is 23.5 Å². The Balaban J connectivity index is 1.76. The summed E-state index contributed by atoms with van der Waals surface area (Å²) in [6, 6.07) is 16.6. The maximum atomic E-state index is 12.7.